The number of aliphatic hydroxyl groups is 3. The monoisotopic (exact) mass is 768 g/mol. The lowest BCUT2D eigenvalue weighted by atomic mass is 9.47. The van der Waals surface area contributed by atoms with Crippen molar-refractivity contribution in [2.75, 3.05) is 58.9 Å². The van der Waals surface area contributed by atoms with E-state index >= 15 is 4.79 Å². The number of hydrogen-bond donors (Lipinski definition) is 6. The average molecular weight is 769 g/mol. The Labute approximate surface area is 327 Å². The lowest BCUT2D eigenvalue weighted by Crippen LogP contribution is -2.82. The highest BCUT2D eigenvalue weighted by Gasteiger charge is 2.78. The van der Waals surface area contributed by atoms with E-state index in [1.54, 1.807) is 7.11 Å². The molecule has 9 rings (SSSR count). The van der Waals surface area contributed by atoms with Gasteiger partial charge in [-0.1, -0.05) is 44.2 Å². The number of carbonyl (C=O) groups is 2. The number of nitrogens with two attached hydrogens (primary N) is 1. The van der Waals surface area contributed by atoms with E-state index in [1.807, 2.05) is 62.2 Å². The first-order valence-corrected chi connectivity index (χ1v) is 20.3. The second-order valence-corrected chi connectivity index (χ2v) is 17.6. The number of benzene rings is 2. The third-order valence-electron chi connectivity index (χ3n) is 15.3. The largest absolute Gasteiger partial charge is 0.496 e. The number of aliphatic hydroxyl groups excluding tert-OH is 1. The molecule has 0 radical (unpaired) electrons. The summed E-state index contributed by atoms with van der Waals surface area (Å²) < 4.78 is 12.2. The Morgan fingerprint density at radius 3 is 2.55 bits per heavy atom. The zero-order valence-electron chi connectivity index (χ0n) is 33.1. The van der Waals surface area contributed by atoms with Crippen molar-refractivity contribution in [3.63, 3.8) is 0 Å². The number of hydrogen-bond acceptors (Lipinski definition) is 11. The van der Waals surface area contributed by atoms with Crippen molar-refractivity contribution < 1.29 is 34.4 Å². The van der Waals surface area contributed by atoms with Crippen LogP contribution >= 0.6 is 0 Å². The van der Waals surface area contributed by atoms with Gasteiger partial charge >= 0.3 is 5.97 Å². The minimum absolute atomic E-state index is 0.0851. The van der Waals surface area contributed by atoms with Gasteiger partial charge in [-0.3, -0.25) is 24.8 Å². The summed E-state index contributed by atoms with van der Waals surface area (Å²) >= 11 is 0. The van der Waals surface area contributed by atoms with Crippen molar-refractivity contribution in [1.29, 1.82) is 0 Å². The van der Waals surface area contributed by atoms with Crippen LogP contribution in [-0.2, 0) is 31.6 Å². The van der Waals surface area contributed by atoms with Crippen LogP contribution in [0.5, 0.6) is 5.75 Å². The fourth-order valence-corrected chi connectivity index (χ4v) is 13.1. The maximum absolute atomic E-state index is 15.2. The molecule has 2 saturated heterocycles. The Kier molecular flexibility index (Phi) is 8.56. The van der Waals surface area contributed by atoms with Crippen LogP contribution in [0, 0.1) is 11.3 Å². The van der Waals surface area contributed by atoms with Gasteiger partial charge in [0.25, 0.3) is 5.91 Å². The first-order chi connectivity index (χ1) is 26.8. The van der Waals surface area contributed by atoms with E-state index in [1.165, 1.54) is 7.11 Å². The maximum Gasteiger partial charge on any atom is 0.322 e. The zero-order chi connectivity index (χ0) is 39.6. The van der Waals surface area contributed by atoms with Crippen LogP contribution in [0.3, 0.4) is 0 Å². The first-order valence-electron chi connectivity index (χ1n) is 20.3. The lowest BCUT2D eigenvalue weighted by molar-refractivity contribution is -0.203. The zero-order valence-corrected chi connectivity index (χ0v) is 33.1. The smallest absolute Gasteiger partial charge is 0.322 e. The molecule has 2 unspecified atom stereocenters. The van der Waals surface area contributed by atoms with Gasteiger partial charge in [0.1, 0.15) is 17.3 Å². The number of likely N-dealkylation sites (N-methyl/N-ethyl adjacent to an activating group) is 1. The molecule has 1 amide bonds. The van der Waals surface area contributed by atoms with Crippen molar-refractivity contribution in [2.24, 2.45) is 17.2 Å². The molecule has 1 saturated carbocycles. The number of ether oxygens (including phenoxy) is 2. The summed E-state index contributed by atoms with van der Waals surface area (Å²) in [6, 6.07) is 11.0. The van der Waals surface area contributed by atoms with Crippen LogP contribution in [-0.4, -0.2) is 125 Å². The Balaban J connectivity index is 1.36. The van der Waals surface area contributed by atoms with Crippen LogP contribution < -0.4 is 20.9 Å². The summed E-state index contributed by atoms with van der Waals surface area (Å²) in [5, 5.41) is 38.3. The molecule has 6 aliphatic rings. The van der Waals surface area contributed by atoms with E-state index < -0.39 is 51.5 Å². The molecule has 2 aromatic carbocycles. The second-order valence-electron chi connectivity index (χ2n) is 17.6. The Morgan fingerprint density at radius 2 is 1.84 bits per heavy atom. The number of fused-ring (bicyclic) bond motifs is 6. The number of methoxy groups -OCH3 is 2. The Hall–Kier alpha value is -3.98. The molecule has 1 aromatic heterocycles. The van der Waals surface area contributed by atoms with Gasteiger partial charge in [-0.25, -0.2) is 5.84 Å². The highest BCUT2D eigenvalue weighted by molar-refractivity contribution is 5.95. The van der Waals surface area contributed by atoms with Crippen LogP contribution in [0.25, 0.3) is 10.9 Å². The molecule has 300 valence electrons. The summed E-state index contributed by atoms with van der Waals surface area (Å²) in [6.07, 6.45) is 5.73. The molecule has 3 aromatic rings. The minimum atomic E-state index is -2.31. The molecule has 13 heteroatoms. The molecule has 56 heavy (non-hydrogen) atoms. The van der Waals surface area contributed by atoms with Crippen LogP contribution in [0.1, 0.15) is 68.3 Å². The summed E-state index contributed by atoms with van der Waals surface area (Å²) in [4.78, 5) is 39.7. The number of anilines is 1. The van der Waals surface area contributed by atoms with Crippen LogP contribution in [0.4, 0.5) is 5.69 Å². The molecular weight excluding hydrogens is 713 g/mol. The van der Waals surface area contributed by atoms with Crippen molar-refractivity contribution >= 4 is 28.5 Å². The molecule has 5 aliphatic heterocycles. The summed E-state index contributed by atoms with van der Waals surface area (Å²) in [7, 11) is 4.89. The first kappa shape index (κ1) is 37.6. The van der Waals surface area contributed by atoms with Crippen molar-refractivity contribution in [3.8, 4) is 5.75 Å². The van der Waals surface area contributed by atoms with Crippen LogP contribution in [0.15, 0.2) is 48.6 Å². The van der Waals surface area contributed by atoms with Gasteiger partial charge in [-0.05, 0) is 74.2 Å². The number of nitrogens with one attached hydrogen (secondary N) is 2. The van der Waals surface area contributed by atoms with Gasteiger partial charge in [0.05, 0.1) is 25.9 Å². The molecule has 6 heterocycles. The summed E-state index contributed by atoms with van der Waals surface area (Å²) in [6.45, 7) is 7.36. The third kappa shape index (κ3) is 4.58. The van der Waals surface area contributed by atoms with Crippen LogP contribution in [0.2, 0.25) is 0 Å². The predicted octanol–water partition coefficient (Wildman–Crippen LogP) is 2.24. The van der Waals surface area contributed by atoms with E-state index in [2.05, 4.69) is 32.3 Å². The van der Waals surface area contributed by atoms with E-state index in [4.69, 9.17) is 15.3 Å². The number of hydrazine groups is 1. The molecule has 10 atom stereocenters. The number of piperidine rings is 1. The summed E-state index contributed by atoms with van der Waals surface area (Å²) in [5.41, 5.74) is 0.683. The number of esters is 1. The van der Waals surface area contributed by atoms with E-state index in [0.29, 0.717) is 76.0 Å². The fraction of sp³-hybridized carbons (Fsp3) is 0.581. The van der Waals surface area contributed by atoms with E-state index in [-0.39, 0.29) is 12.0 Å². The molecular formula is C43H56N6O7. The van der Waals surface area contributed by atoms with Crippen molar-refractivity contribution in [3.05, 3.63) is 70.9 Å². The maximum atomic E-state index is 15.2. The second kappa shape index (κ2) is 12.8. The van der Waals surface area contributed by atoms with Gasteiger partial charge in [0.2, 0.25) is 0 Å². The molecule has 1 aliphatic carbocycles. The van der Waals surface area contributed by atoms with Gasteiger partial charge in [-0.2, -0.15) is 0 Å². The highest BCUT2D eigenvalue weighted by atomic mass is 16.5. The number of aromatic amines is 1. The SMILES string of the molecule is CC[C@]1(O)CC2CN(CCc3c([nH]c4ccccc34)[C@@](C(=O)OC)(c3cc4c(cc3OC)N(C)[C@H]3[C@@](O)(C(=O)NN)[C@H](O)[C@]5(CC)C=CCN6CC[C@]43[C@@H]65)C2)C1. The Bertz CT molecular complexity index is 2140. The van der Waals surface area contributed by atoms with Gasteiger partial charge in [-0.15, -0.1) is 0 Å². The molecule has 3 fully saturated rings. The van der Waals surface area contributed by atoms with Crippen molar-refractivity contribution in [1.82, 2.24) is 20.2 Å². The molecule has 7 N–H and O–H groups in total. The number of carbonyl (C=O) groups excluding carboxylic acids is 2. The third-order valence-corrected chi connectivity index (χ3v) is 15.3. The highest BCUT2D eigenvalue weighted by Crippen LogP contribution is 2.67. The number of para-hydroxylation sites is 1. The Morgan fingerprint density at radius 1 is 1.05 bits per heavy atom. The number of amides is 1. The normalized spacial score (nSPS) is 38.4. The van der Waals surface area contributed by atoms with Gasteiger partial charge < -0.3 is 34.7 Å². The lowest BCUT2D eigenvalue weighted by Gasteiger charge is -2.63. The van der Waals surface area contributed by atoms with E-state index in [0.717, 1.165) is 40.0 Å². The average Bonchev–Trinajstić information content (AvgIpc) is 3.87. The standard InChI is InChI=1S/C43H56N6O7/c1-6-39(53)21-25-22-42(38(52)56-5,33-27(13-17-48(23-25)24-39)26-11-8-9-12-30(26)45-33)29-19-28-31(20-32(29)55-4)47(3)35-41(28)15-18-49-16-10-14-40(7-2,34(41)49)36(50)43(35,54)37(51)46-44/h8-12,14,19-20,25,34-36,45,50,53-54H,6-7,13,15-18,21-24,44H2,1-5H3,(H,46,51)/t25?,34-,35+,36+,39-,40+,41+,42-,43-/m0/s1. The number of nitrogens with zero attached hydrogens (tertiary/aromatic N) is 3. The molecule has 13 nitrogen and oxygen atoms in total. The number of rotatable bonds is 6. The van der Waals surface area contributed by atoms with Gasteiger partial charge in [0.15, 0.2) is 5.60 Å². The number of H-pyrrole nitrogens is 1. The number of aromatic nitrogens is 1. The molecule has 1 spiro atoms. The van der Waals surface area contributed by atoms with E-state index in [9.17, 15) is 20.1 Å². The van der Waals surface area contributed by atoms with Crippen molar-refractivity contribution in [2.45, 2.75) is 92.6 Å². The summed E-state index contributed by atoms with van der Waals surface area (Å²) in [5.74, 6) is 4.94. The molecule has 2 bridgehead atoms. The van der Waals surface area contributed by atoms with Gasteiger partial charge in [0, 0.05) is 84.0 Å². The topological polar surface area (TPSA) is 177 Å². The fourth-order valence-electron chi connectivity index (χ4n) is 13.1. The quantitative estimate of drug-likeness (QED) is 0.0714. The minimum Gasteiger partial charge on any atom is -0.496 e. The predicted molar refractivity (Wildman–Crippen MR) is 211 cm³/mol.